The van der Waals surface area contributed by atoms with E-state index in [2.05, 4.69) is 10.1 Å². The molecule has 6 nitrogen and oxygen atoms in total. The van der Waals surface area contributed by atoms with Crippen LogP contribution < -0.4 is 4.90 Å². The summed E-state index contributed by atoms with van der Waals surface area (Å²) in [4.78, 5) is 25.8. The van der Waals surface area contributed by atoms with Crippen LogP contribution in [0.1, 0.15) is 58.1 Å². The first-order valence-corrected chi connectivity index (χ1v) is 8.84. The molecular formula is C18H26N2O4. The van der Waals surface area contributed by atoms with Gasteiger partial charge in [-0.15, -0.1) is 0 Å². The van der Waals surface area contributed by atoms with Gasteiger partial charge < -0.3 is 14.2 Å². The van der Waals surface area contributed by atoms with E-state index in [1.807, 2.05) is 19.9 Å². The zero-order chi connectivity index (χ0) is 17.3. The molecule has 132 valence electrons. The normalized spacial score (nSPS) is 21.0. The van der Waals surface area contributed by atoms with Crippen molar-refractivity contribution >= 4 is 17.6 Å². The maximum absolute atomic E-state index is 12.2. The van der Waals surface area contributed by atoms with Crippen molar-refractivity contribution in [2.45, 2.75) is 52.4 Å². The quantitative estimate of drug-likeness (QED) is 0.771. The molecule has 0 amide bonds. The number of esters is 1. The monoisotopic (exact) mass is 334 g/mol. The van der Waals surface area contributed by atoms with Gasteiger partial charge in [-0.3, -0.25) is 9.59 Å². The molecule has 0 radical (unpaired) electrons. The molecule has 6 heteroatoms. The Morgan fingerprint density at radius 1 is 1.38 bits per heavy atom. The lowest BCUT2D eigenvalue weighted by Crippen LogP contribution is -2.58. The van der Waals surface area contributed by atoms with Crippen LogP contribution in [0.15, 0.2) is 10.6 Å². The Hall–Kier alpha value is -1.85. The molecule has 0 bridgehead atoms. The van der Waals surface area contributed by atoms with Crippen LogP contribution in [-0.4, -0.2) is 36.6 Å². The van der Waals surface area contributed by atoms with E-state index in [4.69, 9.17) is 9.26 Å². The van der Waals surface area contributed by atoms with E-state index in [1.54, 1.807) is 6.92 Å². The average Bonchev–Trinajstić information content (AvgIpc) is 2.95. The minimum atomic E-state index is -0.422. The third-order valence-corrected chi connectivity index (χ3v) is 5.27. The third kappa shape index (κ3) is 3.19. The summed E-state index contributed by atoms with van der Waals surface area (Å²) in [5.41, 5.74) is 0.269. The van der Waals surface area contributed by atoms with Crippen LogP contribution in [0.2, 0.25) is 0 Å². The van der Waals surface area contributed by atoms with Crippen molar-refractivity contribution in [1.29, 1.82) is 0 Å². The zero-order valence-electron chi connectivity index (χ0n) is 14.7. The van der Waals surface area contributed by atoms with E-state index in [-0.39, 0.29) is 17.3 Å². The van der Waals surface area contributed by atoms with E-state index in [0.717, 1.165) is 31.7 Å². The second kappa shape index (κ2) is 6.57. The first-order valence-electron chi connectivity index (χ1n) is 8.84. The Labute approximate surface area is 142 Å². The van der Waals surface area contributed by atoms with Crippen LogP contribution in [0.3, 0.4) is 0 Å². The van der Waals surface area contributed by atoms with E-state index >= 15 is 0 Å². The highest BCUT2D eigenvalue weighted by Gasteiger charge is 2.46. The van der Waals surface area contributed by atoms with Crippen molar-refractivity contribution in [3.63, 3.8) is 0 Å². The zero-order valence-corrected chi connectivity index (χ0v) is 14.7. The van der Waals surface area contributed by atoms with Gasteiger partial charge in [0, 0.05) is 37.4 Å². The molecule has 0 aromatic carbocycles. The van der Waals surface area contributed by atoms with Gasteiger partial charge in [0.1, 0.15) is 11.7 Å². The predicted molar refractivity (Wildman–Crippen MR) is 88.8 cm³/mol. The van der Waals surface area contributed by atoms with Gasteiger partial charge in [0.2, 0.25) is 0 Å². The summed E-state index contributed by atoms with van der Waals surface area (Å²) in [6, 6.07) is 1.86. The molecule has 1 aliphatic carbocycles. The van der Waals surface area contributed by atoms with Crippen molar-refractivity contribution in [1.82, 2.24) is 5.16 Å². The molecule has 2 fully saturated rings. The van der Waals surface area contributed by atoms with Gasteiger partial charge in [-0.1, -0.05) is 19.0 Å². The maximum Gasteiger partial charge on any atom is 0.317 e. The Morgan fingerprint density at radius 3 is 2.62 bits per heavy atom. The fourth-order valence-electron chi connectivity index (χ4n) is 3.82. The molecule has 1 aromatic rings. The van der Waals surface area contributed by atoms with Gasteiger partial charge in [-0.05, 0) is 25.7 Å². The molecule has 3 rings (SSSR count). The van der Waals surface area contributed by atoms with Crippen molar-refractivity contribution in [2.75, 3.05) is 24.6 Å². The van der Waals surface area contributed by atoms with Gasteiger partial charge in [0.05, 0.1) is 6.61 Å². The highest BCUT2D eigenvalue weighted by molar-refractivity contribution is 5.79. The Kier molecular flexibility index (Phi) is 4.65. The molecule has 1 saturated heterocycles. The lowest BCUT2D eigenvalue weighted by atomic mass is 9.68. The lowest BCUT2D eigenvalue weighted by Gasteiger charge is -2.52. The standard InChI is InChI=1S/C18H26N2O4/c1-4-23-17(22)16(12(2)3)14-9-15(19-24-14)20-10-18(11-20)7-5-13(21)6-8-18/h9,12,16H,4-8,10-11H2,1-3H3. The Morgan fingerprint density at radius 2 is 2.04 bits per heavy atom. The number of aromatic nitrogens is 1. The number of carbonyl (C=O) groups excluding carboxylic acids is 2. The summed E-state index contributed by atoms with van der Waals surface area (Å²) in [6.07, 6.45) is 3.36. The molecular weight excluding hydrogens is 308 g/mol. The van der Waals surface area contributed by atoms with E-state index < -0.39 is 5.92 Å². The number of rotatable bonds is 5. The third-order valence-electron chi connectivity index (χ3n) is 5.27. The van der Waals surface area contributed by atoms with Gasteiger partial charge in [-0.2, -0.15) is 0 Å². The van der Waals surface area contributed by atoms with E-state index in [0.29, 0.717) is 31.0 Å². The molecule has 1 atom stereocenters. The second-order valence-electron chi connectivity index (χ2n) is 7.46. The van der Waals surface area contributed by atoms with Crippen LogP contribution in [0.5, 0.6) is 0 Å². The SMILES string of the molecule is CCOC(=O)C(c1cc(N2CC3(CCC(=O)CC3)C2)no1)C(C)C. The van der Waals surface area contributed by atoms with Gasteiger partial charge >= 0.3 is 5.97 Å². The van der Waals surface area contributed by atoms with E-state index in [9.17, 15) is 9.59 Å². The summed E-state index contributed by atoms with van der Waals surface area (Å²) >= 11 is 0. The lowest BCUT2D eigenvalue weighted by molar-refractivity contribution is -0.146. The summed E-state index contributed by atoms with van der Waals surface area (Å²) in [7, 11) is 0. The van der Waals surface area contributed by atoms with Crippen LogP contribution in [-0.2, 0) is 14.3 Å². The minimum Gasteiger partial charge on any atom is -0.465 e. The molecule has 0 N–H and O–H groups in total. The maximum atomic E-state index is 12.2. The fraction of sp³-hybridized carbons (Fsp3) is 0.722. The molecule has 1 unspecified atom stereocenters. The van der Waals surface area contributed by atoms with Crippen molar-refractivity contribution in [3.8, 4) is 0 Å². The second-order valence-corrected chi connectivity index (χ2v) is 7.46. The van der Waals surface area contributed by atoms with Crippen LogP contribution >= 0.6 is 0 Å². The summed E-state index contributed by atoms with van der Waals surface area (Å²) in [5, 5.41) is 4.15. The van der Waals surface area contributed by atoms with Crippen molar-refractivity contribution < 1.29 is 18.8 Å². The van der Waals surface area contributed by atoms with Crippen LogP contribution in [0.4, 0.5) is 5.82 Å². The van der Waals surface area contributed by atoms with Gasteiger partial charge in [-0.25, -0.2) is 0 Å². The smallest absolute Gasteiger partial charge is 0.317 e. The topological polar surface area (TPSA) is 72.6 Å². The van der Waals surface area contributed by atoms with E-state index in [1.165, 1.54) is 0 Å². The Bertz CT molecular complexity index is 604. The largest absolute Gasteiger partial charge is 0.465 e. The first kappa shape index (κ1) is 17.0. The summed E-state index contributed by atoms with van der Waals surface area (Å²) in [6.45, 7) is 7.94. The first-order chi connectivity index (χ1) is 11.4. The number of ether oxygens (including phenoxy) is 1. The highest BCUT2D eigenvalue weighted by atomic mass is 16.5. The number of Topliss-reactive ketones (excluding diaryl/α,β-unsaturated/α-hetero) is 1. The number of nitrogens with zero attached hydrogens (tertiary/aromatic N) is 2. The van der Waals surface area contributed by atoms with Crippen LogP contribution in [0.25, 0.3) is 0 Å². The molecule has 1 saturated carbocycles. The molecule has 2 heterocycles. The van der Waals surface area contributed by atoms with Gasteiger partial charge in [0.15, 0.2) is 11.6 Å². The average molecular weight is 334 g/mol. The van der Waals surface area contributed by atoms with Crippen molar-refractivity contribution in [2.24, 2.45) is 11.3 Å². The minimum absolute atomic E-state index is 0.0805. The molecule has 1 aliphatic heterocycles. The number of anilines is 1. The molecule has 1 aromatic heterocycles. The van der Waals surface area contributed by atoms with Crippen LogP contribution in [0, 0.1) is 11.3 Å². The number of hydrogen-bond donors (Lipinski definition) is 0. The van der Waals surface area contributed by atoms with Gasteiger partial charge in [0.25, 0.3) is 0 Å². The number of carbonyl (C=O) groups is 2. The summed E-state index contributed by atoms with van der Waals surface area (Å²) < 4.78 is 10.6. The molecule has 1 spiro atoms. The summed E-state index contributed by atoms with van der Waals surface area (Å²) in [5.74, 6) is 1.13. The highest BCUT2D eigenvalue weighted by Crippen LogP contribution is 2.44. The molecule has 2 aliphatic rings. The number of hydrogen-bond acceptors (Lipinski definition) is 6. The number of ketones is 1. The fourth-order valence-corrected chi connectivity index (χ4v) is 3.82. The predicted octanol–water partition coefficient (Wildman–Crippen LogP) is 2.93. The Balaban J connectivity index is 1.65. The molecule has 24 heavy (non-hydrogen) atoms. The van der Waals surface area contributed by atoms with Crippen molar-refractivity contribution in [3.05, 3.63) is 11.8 Å².